The molecule has 1 nitrogen and oxygen atoms in total. The maximum atomic E-state index is 9.45. The Balaban J connectivity index is 2.41. The lowest BCUT2D eigenvalue weighted by Gasteiger charge is -2.02. The third-order valence-corrected chi connectivity index (χ3v) is 2.09. The van der Waals surface area contributed by atoms with Crippen LogP contribution in [0.15, 0.2) is 36.5 Å². The van der Waals surface area contributed by atoms with Gasteiger partial charge in [-0.15, -0.1) is 0 Å². The molecule has 1 heteroatoms. The van der Waals surface area contributed by atoms with Crippen LogP contribution in [0.2, 0.25) is 0 Å². The predicted molar refractivity (Wildman–Crippen MR) is 56.5 cm³/mol. The van der Waals surface area contributed by atoms with Crippen LogP contribution in [-0.4, -0.2) is 11.2 Å². The van der Waals surface area contributed by atoms with E-state index in [-0.39, 0.29) is 6.10 Å². The molecule has 0 saturated carbocycles. The molecule has 72 valence electrons. The normalized spacial score (nSPS) is 32.5. The first-order chi connectivity index (χ1) is 6.39. The van der Waals surface area contributed by atoms with Gasteiger partial charge >= 0.3 is 0 Å². The predicted octanol–water partition coefficient (Wildman–Crippen LogP) is 2.98. The van der Waals surface area contributed by atoms with Crippen molar-refractivity contribution >= 4 is 0 Å². The Morgan fingerprint density at radius 2 is 1.54 bits per heavy atom. The van der Waals surface area contributed by atoms with Crippen LogP contribution in [0.25, 0.3) is 0 Å². The third-order valence-electron chi connectivity index (χ3n) is 2.09. The molecule has 0 saturated heterocycles. The van der Waals surface area contributed by atoms with E-state index in [4.69, 9.17) is 0 Å². The Hall–Kier alpha value is -0.820. The van der Waals surface area contributed by atoms with Gasteiger partial charge in [-0.2, -0.15) is 0 Å². The van der Waals surface area contributed by atoms with Crippen LogP contribution >= 0.6 is 0 Å². The van der Waals surface area contributed by atoms with Gasteiger partial charge in [0.15, 0.2) is 0 Å². The molecule has 0 aromatic heterocycles. The summed E-state index contributed by atoms with van der Waals surface area (Å²) in [5, 5.41) is 9.45. The summed E-state index contributed by atoms with van der Waals surface area (Å²) in [6.45, 7) is 0. The summed E-state index contributed by atoms with van der Waals surface area (Å²) < 4.78 is 0. The topological polar surface area (TPSA) is 20.2 Å². The second-order valence-electron chi connectivity index (χ2n) is 3.33. The van der Waals surface area contributed by atoms with Crippen molar-refractivity contribution < 1.29 is 5.11 Å². The SMILES string of the molecule is OC1/C=C/C/C=C\CC/C=C/CC1. The lowest BCUT2D eigenvalue weighted by molar-refractivity contribution is 0.213. The monoisotopic (exact) mass is 178 g/mol. The standard InChI is InChI=1S/C12H18O/c13-12-10-8-6-4-2-1-3-5-7-9-11-12/h2,4-5,7-8,10,12-13H,1,3,6,9,11H2/b4-2-,7-5+,10-8+. The van der Waals surface area contributed by atoms with Crippen molar-refractivity contribution in [3.63, 3.8) is 0 Å². The van der Waals surface area contributed by atoms with Crippen LogP contribution < -0.4 is 0 Å². The molecule has 0 amide bonds. The first-order valence-electron chi connectivity index (χ1n) is 5.04. The van der Waals surface area contributed by atoms with Crippen LogP contribution in [0.4, 0.5) is 0 Å². The zero-order valence-electron chi connectivity index (χ0n) is 8.02. The van der Waals surface area contributed by atoms with E-state index in [0.29, 0.717) is 0 Å². The fourth-order valence-electron chi connectivity index (χ4n) is 1.32. The van der Waals surface area contributed by atoms with Gasteiger partial charge in [-0.1, -0.05) is 36.5 Å². The first-order valence-corrected chi connectivity index (χ1v) is 5.04. The average molecular weight is 178 g/mol. The fraction of sp³-hybridized carbons (Fsp3) is 0.500. The molecule has 0 aromatic rings. The van der Waals surface area contributed by atoms with Crippen LogP contribution in [0.5, 0.6) is 0 Å². The zero-order valence-corrected chi connectivity index (χ0v) is 8.02. The summed E-state index contributed by atoms with van der Waals surface area (Å²) in [5.74, 6) is 0. The Bertz CT molecular complexity index is 201. The van der Waals surface area contributed by atoms with E-state index in [2.05, 4.69) is 24.3 Å². The van der Waals surface area contributed by atoms with Crippen molar-refractivity contribution in [1.29, 1.82) is 0 Å². The fourth-order valence-corrected chi connectivity index (χ4v) is 1.32. The molecule has 1 N–H and O–H groups in total. The van der Waals surface area contributed by atoms with Gasteiger partial charge in [0.2, 0.25) is 0 Å². The zero-order chi connectivity index (χ0) is 9.36. The van der Waals surface area contributed by atoms with Gasteiger partial charge in [0.1, 0.15) is 0 Å². The van der Waals surface area contributed by atoms with E-state index in [9.17, 15) is 5.11 Å². The molecule has 0 bridgehead atoms. The van der Waals surface area contributed by atoms with Crippen LogP contribution in [0, 0.1) is 0 Å². The van der Waals surface area contributed by atoms with Crippen LogP contribution in [0.3, 0.4) is 0 Å². The summed E-state index contributed by atoms with van der Waals surface area (Å²) in [4.78, 5) is 0. The average Bonchev–Trinajstić information content (AvgIpc) is 2.11. The van der Waals surface area contributed by atoms with Crippen LogP contribution in [-0.2, 0) is 0 Å². The van der Waals surface area contributed by atoms with E-state index >= 15 is 0 Å². The highest BCUT2D eigenvalue weighted by molar-refractivity contribution is 4.98. The van der Waals surface area contributed by atoms with Gasteiger partial charge in [0.25, 0.3) is 0 Å². The van der Waals surface area contributed by atoms with E-state index < -0.39 is 0 Å². The molecule has 1 atom stereocenters. The van der Waals surface area contributed by atoms with Gasteiger partial charge < -0.3 is 5.11 Å². The van der Waals surface area contributed by atoms with Gasteiger partial charge in [-0.3, -0.25) is 0 Å². The van der Waals surface area contributed by atoms with Gasteiger partial charge in [-0.25, -0.2) is 0 Å². The molecule has 0 aliphatic heterocycles. The number of rotatable bonds is 0. The maximum absolute atomic E-state index is 9.45. The molecule has 1 rings (SSSR count). The van der Waals surface area contributed by atoms with Crippen molar-refractivity contribution in [3.05, 3.63) is 36.5 Å². The molecule has 13 heavy (non-hydrogen) atoms. The quantitative estimate of drug-likeness (QED) is 0.565. The summed E-state index contributed by atoms with van der Waals surface area (Å²) in [6, 6.07) is 0. The summed E-state index contributed by atoms with van der Waals surface area (Å²) in [7, 11) is 0. The van der Waals surface area contributed by atoms with Gasteiger partial charge in [0, 0.05) is 0 Å². The molecular weight excluding hydrogens is 160 g/mol. The van der Waals surface area contributed by atoms with E-state index in [1.54, 1.807) is 0 Å². The minimum Gasteiger partial charge on any atom is -0.389 e. The molecular formula is C12H18O. The van der Waals surface area contributed by atoms with Crippen molar-refractivity contribution in [2.24, 2.45) is 0 Å². The minimum absolute atomic E-state index is 0.266. The van der Waals surface area contributed by atoms with Crippen LogP contribution in [0.1, 0.15) is 32.1 Å². The molecule has 1 aliphatic rings. The number of allylic oxidation sites excluding steroid dienone is 5. The number of hydrogen-bond acceptors (Lipinski definition) is 1. The minimum atomic E-state index is -0.266. The largest absolute Gasteiger partial charge is 0.389 e. The highest BCUT2D eigenvalue weighted by Crippen LogP contribution is 2.04. The molecule has 0 radical (unpaired) electrons. The third kappa shape index (κ3) is 5.42. The summed E-state index contributed by atoms with van der Waals surface area (Å²) in [5.41, 5.74) is 0. The molecule has 1 aliphatic carbocycles. The Morgan fingerprint density at radius 3 is 2.38 bits per heavy atom. The van der Waals surface area contributed by atoms with Crippen molar-refractivity contribution in [3.8, 4) is 0 Å². The van der Waals surface area contributed by atoms with Gasteiger partial charge in [-0.05, 0) is 32.1 Å². The van der Waals surface area contributed by atoms with Gasteiger partial charge in [0.05, 0.1) is 6.10 Å². The summed E-state index contributed by atoms with van der Waals surface area (Å²) in [6.07, 6.45) is 17.4. The second kappa shape index (κ2) is 6.67. The van der Waals surface area contributed by atoms with E-state index in [0.717, 1.165) is 32.1 Å². The highest BCUT2D eigenvalue weighted by atomic mass is 16.3. The van der Waals surface area contributed by atoms with Crippen molar-refractivity contribution in [1.82, 2.24) is 0 Å². The lowest BCUT2D eigenvalue weighted by Crippen LogP contribution is -2.00. The molecule has 0 aromatic carbocycles. The van der Waals surface area contributed by atoms with Crippen molar-refractivity contribution in [2.75, 3.05) is 0 Å². The van der Waals surface area contributed by atoms with Crippen molar-refractivity contribution in [2.45, 2.75) is 38.2 Å². The van der Waals surface area contributed by atoms with E-state index in [1.807, 2.05) is 12.2 Å². The Morgan fingerprint density at radius 1 is 0.846 bits per heavy atom. The molecule has 0 spiro atoms. The smallest absolute Gasteiger partial charge is 0.0724 e. The Labute approximate surface area is 80.5 Å². The molecule has 1 unspecified atom stereocenters. The van der Waals surface area contributed by atoms with E-state index in [1.165, 1.54) is 0 Å². The first kappa shape index (κ1) is 10.3. The molecule has 0 heterocycles. The molecule has 0 fully saturated rings. The summed E-state index contributed by atoms with van der Waals surface area (Å²) >= 11 is 0. The number of hydrogen-bond donors (Lipinski definition) is 1. The lowest BCUT2D eigenvalue weighted by atomic mass is 10.1. The maximum Gasteiger partial charge on any atom is 0.0724 e. The number of aliphatic hydroxyl groups excluding tert-OH is 1. The second-order valence-corrected chi connectivity index (χ2v) is 3.33. The number of aliphatic hydroxyl groups is 1. The Kier molecular flexibility index (Phi) is 5.27. The highest BCUT2D eigenvalue weighted by Gasteiger charge is 1.95.